The second-order valence-electron chi connectivity index (χ2n) is 5.73. The lowest BCUT2D eigenvalue weighted by molar-refractivity contribution is -0.123. The number of aliphatic imine (C=N–C) groups is 1. The summed E-state index contributed by atoms with van der Waals surface area (Å²) in [5, 5.41) is 6.03. The first kappa shape index (κ1) is 18.8. The van der Waals surface area contributed by atoms with Crippen molar-refractivity contribution in [3.05, 3.63) is 58.1 Å². The smallest absolute Gasteiger partial charge is 0.238 e. The summed E-state index contributed by atoms with van der Waals surface area (Å²) < 4.78 is 0. The minimum Gasteiger partial charge on any atom is -0.325 e. The van der Waals surface area contributed by atoms with E-state index in [-0.39, 0.29) is 18.2 Å². The Balaban J connectivity index is 1.72. The normalized spacial score (nSPS) is 18.5. The second kappa shape index (κ2) is 8.12. The molecule has 1 saturated heterocycles. The van der Waals surface area contributed by atoms with E-state index in [4.69, 9.17) is 23.2 Å². The van der Waals surface area contributed by atoms with Gasteiger partial charge in [0.05, 0.1) is 15.7 Å². The SMILES string of the molecule is Cc1ccc(N=C2NC(=O)C[C@@H](C(=O)Nc3ccc(Cl)c(Cl)c3)S2)cc1. The summed E-state index contributed by atoms with van der Waals surface area (Å²) in [4.78, 5) is 28.9. The molecule has 0 saturated carbocycles. The van der Waals surface area contributed by atoms with E-state index < -0.39 is 5.25 Å². The Morgan fingerprint density at radius 1 is 1.19 bits per heavy atom. The maximum absolute atomic E-state index is 12.5. The number of amidine groups is 1. The van der Waals surface area contributed by atoms with Crippen molar-refractivity contribution in [3.63, 3.8) is 0 Å². The molecule has 1 atom stereocenters. The molecule has 0 spiro atoms. The van der Waals surface area contributed by atoms with Crippen molar-refractivity contribution in [3.8, 4) is 0 Å². The van der Waals surface area contributed by atoms with Crippen LogP contribution in [0.1, 0.15) is 12.0 Å². The third kappa shape index (κ3) is 4.78. The minimum atomic E-state index is -0.581. The number of hydrogen-bond donors (Lipinski definition) is 2. The number of thioether (sulfide) groups is 1. The molecule has 3 rings (SSSR count). The van der Waals surface area contributed by atoms with Crippen LogP contribution in [0.25, 0.3) is 0 Å². The van der Waals surface area contributed by atoms with Crippen LogP contribution in [0.5, 0.6) is 0 Å². The molecule has 0 aromatic heterocycles. The van der Waals surface area contributed by atoms with E-state index >= 15 is 0 Å². The number of halogens is 2. The van der Waals surface area contributed by atoms with Crippen LogP contribution in [0.2, 0.25) is 10.0 Å². The van der Waals surface area contributed by atoms with Gasteiger partial charge in [0.1, 0.15) is 5.25 Å². The lowest BCUT2D eigenvalue weighted by Crippen LogP contribution is -2.41. The quantitative estimate of drug-likeness (QED) is 0.783. The van der Waals surface area contributed by atoms with E-state index in [0.717, 1.165) is 5.56 Å². The minimum absolute atomic E-state index is 0.0741. The molecule has 0 bridgehead atoms. The van der Waals surface area contributed by atoms with Crippen LogP contribution in [0.15, 0.2) is 47.5 Å². The summed E-state index contributed by atoms with van der Waals surface area (Å²) in [7, 11) is 0. The highest BCUT2D eigenvalue weighted by molar-refractivity contribution is 8.15. The van der Waals surface area contributed by atoms with Crippen molar-refractivity contribution in [2.24, 2.45) is 4.99 Å². The third-order valence-electron chi connectivity index (χ3n) is 3.62. The predicted molar refractivity (Wildman–Crippen MR) is 108 cm³/mol. The Morgan fingerprint density at radius 3 is 2.62 bits per heavy atom. The molecule has 1 aliphatic heterocycles. The molecule has 1 heterocycles. The number of rotatable bonds is 3. The zero-order chi connectivity index (χ0) is 18.7. The Bertz CT molecular complexity index is 885. The summed E-state index contributed by atoms with van der Waals surface area (Å²) in [5.41, 5.74) is 2.35. The van der Waals surface area contributed by atoms with Crippen molar-refractivity contribution in [1.82, 2.24) is 5.32 Å². The van der Waals surface area contributed by atoms with Crippen molar-refractivity contribution < 1.29 is 9.59 Å². The summed E-state index contributed by atoms with van der Waals surface area (Å²) in [5.74, 6) is -0.538. The molecule has 2 aromatic rings. The number of carbonyl (C=O) groups excluding carboxylic acids is 2. The molecular formula is C18H15Cl2N3O2S. The first-order valence-electron chi connectivity index (χ1n) is 7.78. The second-order valence-corrected chi connectivity index (χ2v) is 7.74. The average Bonchev–Trinajstić information content (AvgIpc) is 2.60. The van der Waals surface area contributed by atoms with Crippen LogP contribution >= 0.6 is 35.0 Å². The number of nitrogens with one attached hydrogen (secondary N) is 2. The molecule has 2 N–H and O–H groups in total. The van der Waals surface area contributed by atoms with E-state index in [1.54, 1.807) is 18.2 Å². The maximum atomic E-state index is 12.5. The standard InChI is InChI=1S/C18H15Cl2N3O2S/c1-10-2-4-11(5-3-10)22-18-23-16(24)9-15(26-18)17(25)21-12-6-7-13(19)14(20)8-12/h2-8,15H,9H2,1H3,(H,21,25)(H,22,23,24)/t15-/m0/s1. The van der Waals surface area contributed by atoms with Crippen molar-refractivity contribution in [2.45, 2.75) is 18.6 Å². The van der Waals surface area contributed by atoms with E-state index in [1.165, 1.54) is 11.8 Å². The van der Waals surface area contributed by atoms with Crippen LogP contribution in [0.3, 0.4) is 0 Å². The Hall–Kier alpha value is -2.02. The number of benzene rings is 2. The molecule has 8 heteroatoms. The van der Waals surface area contributed by atoms with E-state index in [2.05, 4.69) is 15.6 Å². The molecule has 134 valence electrons. The van der Waals surface area contributed by atoms with Crippen molar-refractivity contribution in [1.29, 1.82) is 0 Å². The van der Waals surface area contributed by atoms with Crippen molar-refractivity contribution in [2.75, 3.05) is 5.32 Å². The van der Waals surface area contributed by atoms with Gasteiger partial charge >= 0.3 is 0 Å². The first-order chi connectivity index (χ1) is 12.4. The maximum Gasteiger partial charge on any atom is 0.238 e. The van der Waals surface area contributed by atoms with Gasteiger partial charge in [-0.3, -0.25) is 9.59 Å². The van der Waals surface area contributed by atoms with Crippen LogP contribution in [0, 0.1) is 6.92 Å². The van der Waals surface area contributed by atoms with Gasteiger partial charge in [-0.1, -0.05) is 52.7 Å². The molecular weight excluding hydrogens is 393 g/mol. The van der Waals surface area contributed by atoms with Gasteiger partial charge in [-0.25, -0.2) is 4.99 Å². The van der Waals surface area contributed by atoms with Gasteiger partial charge in [-0.2, -0.15) is 0 Å². The number of amides is 2. The van der Waals surface area contributed by atoms with Crippen LogP contribution in [0.4, 0.5) is 11.4 Å². The number of anilines is 1. The Kier molecular flexibility index (Phi) is 5.86. The molecule has 2 aromatic carbocycles. The van der Waals surface area contributed by atoms with E-state index in [0.29, 0.717) is 26.6 Å². The highest BCUT2D eigenvalue weighted by Gasteiger charge is 2.30. The van der Waals surface area contributed by atoms with Crippen LogP contribution < -0.4 is 10.6 Å². The van der Waals surface area contributed by atoms with Gasteiger partial charge in [-0.05, 0) is 37.3 Å². The van der Waals surface area contributed by atoms with Gasteiger partial charge in [0.25, 0.3) is 0 Å². The van der Waals surface area contributed by atoms with Gasteiger partial charge in [-0.15, -0.1) is 0 Å². The molecule has 1 fully saturated rings. The first-order valence-corrected chi connectivity index (χ1v) is 9.42. The lowest BCUT2D eigenvalue weighted by Gasteiger charge is -2.22. The summed E-state index contributed by atoms with van der Waals surface area (Å²) in [6.45, 7) is 1.98. The van der Waals surface area contributed by atoms with Gasteiger partial charge in [0.15, 0.2) is 5.17 Å². The predicted octanol–water partition coefficient (Wildman–Crippen LogP) is 4.55. The lowest BCUT2D eigenvalue weighted by atomic mass is 10.2. The molecule has 0 aliphatic carbocycles. The zero-order valence-electron chi connectivity index (χ0n) is 13.8. The summed E-state index contributed by atoms with van der Waals surface area (Å²) in [6, 6.07) is 12.4. The van der Waals surface area contributed by atoms with E-state index in [1.807, 2.05) is 31.2 Å². The fraction of sp³-hybridized carbons (Fsp3) is 0.167. The fourth-order valence-corrected chi connectivity index (χ4v) is 3.58. The Morgan fingerprint density at radius 2 is 1.92 bits per heavy atom. The highest BCUT2D eigenvalue weighted by atomic mass is 35.5. The van der Waals surface area contributed by atoms with Gasteiger partial charge < -0.3 is 10.6 Å². The molecule has 2 amide bonds. The fourth-order valence-electron chi connectivity index (χ4n) is 2.28. The average molecular weight is 408 g/mol. The topological polar surface area (TPSA) is 70.6 Å². The number of hydrogen-bond acceptors (Lipinski definition) is 4. The van der Waals surface area contributed by atoms with Gasteiger partial charge in [0, 0.05) is 12.1 Å². The molecule has 0 radical (unpaired) electrons. The Labute approximate surface area is 165 Å². The molecule has 0 unspecified atom stereocenters. The molecule has 5 nitrogen and oxygen atoms in total. The van der Waals surface area contributed by atoms with Crippen molar-refractivity contribution >= 4 is 63.3 Å². The molecule has 1 aliphatic rings. The third-order valence-corrected chi connectivity index (χ3v) is 5.44. The van der Waals surface area contributed by atoms with Crippen LogP contribution in [-0.4, -0.2) is 22.2 Å². The molecule has 26 heavy (non-hydrogen) atoms. The van der Waals surface area contributed by atoms with Crippen LogP contribution in [-0.2, 0) is 9.59 Å². The summed E-state index contributed by atoms with van der Waals surface area (Å²) >= 11 is 13.0. The monoisotopic (exact) mass is 407 g/mol. The largest absolute Gasteiger partial charge is 0.325 e. The number of nitrogens with zero attached hydrogens (tertiary/aromatic N) is 1. The van der Waals surface area contributed by atoms with Gasteiger partial charge in [0.2, 0.25) is 11.8 Å². The zero-order valence-corrected chi connectivity index (χ0v) is 16.1. The highest BCUT2D eigenvalue weighted by Crippen LogP contribution is 2.27. The number of aryl methyl sites for hydroxylation is 1. The van der Waals surface area contributed by atoms with E-state index in [9.17, 15) is 9.59 Å². The summed E-state index contributed by atoms with van der Waals surface area (Å²) in [6.07, 6.45) is 0.0741. The number of carbonyl (C=O) groups is 2.